The van der Waals surface area contributed by atoms with Crippen LogP contribution >= 0.6 is 0 Å². The monoisotopic (exact) mass is 360 g/mol. The first-order chi connectivity index (χ1) is 11.7. The van der Waals surface area contributed by atoms with Crippen molar-refractivity contribution in [1.29, 1.82) is 0 Å². The highest BCUT2D eigenvalue weighted by atomic mass is 16.4. The number of hydrogen-bond acceptors (Lipinski definition) is 3. The maximum Gasteiger partial charge on any atom is 0.306 e. The Kier molecular flexibility index (Phi) is 18.5. The third kappa shape index (κ3) is 20.9. The number of carboxylic acids is 2. The van der Waals surface area contributed by atoms with Crippen molar-refractivity contribution in [2.45, 2.75) is 104 Å². The molecule has 0 saturated heterocycles. The Morgan fingerprint density at radius 1 is 0.840 bits per heavy atom. The van der Waals surface area contributed by atoms with E-state index in [4.69, 9.17) is 10.2 Å². The van der Waals surface area contributed by atoms with Crippen molar-refractivity contribution >= 4 is 11.9 Å². The lowest BCUT2D eigenvalue weighted by Gasteiger charge is -2.10. The zero-order valence-electron chi connectivity index (χ0n) is 16.7. The number of aliphatic hydroxyl groups is 1. The van der Waals surface area contributed by atoms with E-state index in [1.165, 1.54) is 25.7 Å². The lowest BCUT2D eigenvalue weighted by atomic mass is 9.99. The molecule has 0 aliphatic rings. The molecule has 0 aliphatic heterocycles. The third-order valence-corrected chi connectivity index (χ3v) is 4.50. The lowest BCUT2D eigenvalue weighted by Crippen LogP contribution is -2.12. The minimum Gasteiger partial charge on any atom is -0.481 e. The molecule has 0 aliphatic carbocycles. The smallest absolute Gasteiger partial charge is 0.306 e. The molecule has 3 unspecified atom stereocenters. The largest absolute Gasteiger partial charge is 0.481 e. The summed E-state index contributed by atoms with van der Waals surface area (Å²) in [5.41, 5.74) is 0. The van der Waals surface area contributed by atoms with Crippen molar-refractivity contribution in [2.24, 2.45) is 11.8 Å². The first kappa shape index (κ1) is 26.1. The molecule has 0 aromatic heterocycles. The van der Waals surface area contributed by atoms with Gasteiger partial charge in [-0.3, -0.25) is 9.59 Å². The van der Waals surface area contributed by atoms with Crippen LogP contribution in [0.5, 0.6) is 0 Å². The highest BCUT2D eigenvalue weighted by Gasteiger charge is 2.10. The number of unbranched alkanes of at least 4 members (excludes halogenated alkanes) is 4. The van der Waals surface area contributed by atoms with E-state index in [0.29, 0.717) is 12.3 Å². The predicted octanol–water partition coefficient (Wildman–Crippen LogP) is 5.11. The zero-order valence-corrected chi connectivity index (χ0v) is 16.7. The number of carbonyl (C=O) groups is 2. The fourth-order valence-electron chi connectivity index (χ4n) is 2.39. The Balaban J connectivity index is 0. The topological polar surface area (TPSA) is 94.8 Å². The summed E-state index contributed by atoms with van der Waals surface area (Å²) in [7, 11) is 0. The number of rotatable bonds is 14. The fourth-order valence-corrected chi connectivity index (χ4v) is 2.39. The molecule has 0 saturated carbocycles. The molecular formula is C20H40O5. The highest BCUT2D eigenvalue weighted by molar-refractivity contribution is 5.69. The Hall–Kier alpha value is -1.10. The Labute approximate surface area is 153 Å². The molecule has 0 aromatic carbocycles. The molecule has 0 amide bonds. The summed E-state index contributed by atoms with van der Waals surface area (Å²) >= 11 is 0. The average molecular weight is 361 g/mol. The molecule has 5 heteroatoms. The SMILES string of the molecule is CCC(C)CCCC(O)CC(=O)O.CCCCCCCC(C)C(=O)O. The zero-order chi connectivity index (χ0) is 19.7. The minimum absolute atomic E-state index is 0.124. The standard InChI is InChI=1S/C10H20O3.C10H20O2/c1-3-8(2)5-4-6-9(11)7-10(12)13;1-3-4-5-6-7-8-9(2)10(11)12/h8-9,11H,3-7H2,1-2H3,(H,12,13);9H,3-8H2,1-2H3,(H,11,12). The number of aliphatic carboxylic acids is 2. The molecule has 0 bridgehead atoms. The van der Waals surface area contributed by atoms with Gasteiger partial charge in [-0.15, -0.1) is 0 Å². The van der Waals surface area contributed by atoms with Crippen LogP contribution in [-0.2, 0) is 9.59 Å². The molecule has 0 spiro atoms. The lowest BCUT2D eigenvalue weighted by molar-refractivity contribution is -0.141. The quantitative estimate of drug-likeness (QED) is 0.374. The van der Waals surface area contributed by atoms with Gasteiger partial charge in [-0.05, 0) is 18.8 Å². The van der Waals surface area contributed by atoms with E-state index in [1.807, 2.05) is 0 Å². The third-order valence-electron chi connectivity index (χ3n) is 4.50. The van der Waals surface area contributed by atoms with E-state index in [-0.39, 0.29) is 12.3 Å². The highest BCUT2D eigenvalue weighted by Crippen LogP contribution is 2.13. The van der Waals surface area contributed by atoms with Crippen LogP contribution in [0.2, 0.25) is 0 Å². The summed E-state index contributed by atoms with van der Waals surface area (Å²) in [4.78, 5) is 20.6. The van der Waals surface area contributed by atoms with Gasteiger partial charge in [-0.25, -0.2) is 0 Å². The summed E-state index contributed by atoms with van der Waals surface area (Å²) < 4.78 is 0. The van der Waals surface area contributed by atoms with E-state index >= 15 is 0 Å². The van der Waals surface area contributed by atoms with Crippen LogP contribution in [0.4, 0.5) is 0 Å². The summed E-state index contributed by atoms with van der Waals surface area (Å²) in [5, 5.41) is 26.2. The second-order valence-corrected chi connectivity index (χ2v) is 7.14. The second-order valence-electron chi connectivity index (χ2n) is 7.14. The van der Waals surface area contributed by atoms with E-state index in [9.17, 15) is 14.7 Å². The second kappa shape index (κ2) is 17.7. The van der Waals surface area contributed by atoms with Crippen LogP contribution in [0.1, 0.15) is 98.3 Å². The van der Waals surface area contributed by atoms with Crippen molar-refractivity contribution in [3.63, 3.8) is 0 Å². The normalized spacial score (nSPS) is 14.1. The van der Waals surface area contributed by atoms with Crippen LogP contribution in [0.15, 0.2) is 0 Å². The Morgan fingerprint density at radius 2 is 1.44 bits per heavy atom. The molecule has 25 heavy (non-hydrogen) atoms. The van der Waals surface area contributed by atoms with Gasteiger partial charge in [-0.2, -0.15) is 0 Å². The molecule has 0 rings (SSSR count). The first-order valence-corrected chi connectivity index (χ1v) is 9.87. The minimum atomic E-state index is -0.920. The van der Waals surface area contributed by atoms with E-state index in [1.54, 1.807) is 6.92 Å². The molecule has 0 heterocycles. The molecule has 0 fully saturated rings. The number of aliphatic hydroxyl groups excluding tert-OH is 1. The Morgan fingerprint density at radius 3 is 1.92 bits per heavy atom. The van der Waals surface area contributed by atoms with Crippen molar-refractivity contribution in [3.8, 4) is 0 Å². The van der Waals surface area contributed by atoms with Crippen LogP contribution in [0, 0.1) is 11.8 Å². The molecule has 3 N–H and O–H groups in total. The average Bonchev–Trinajstić information content (AvgIpc) is 2.54. The van der Waals surface area contributed by atoms with Gasteiger partial charge < -0.3 is 15.3 Å². The van der Waals surface area contributed by atoms with E-state index < -0.39 is 18.0 Å². The maximum atomic E-state index is 10.4. The van der Waals surface area contributed by atoms with Gasteiger partial charge >= 0.3 is 11.9 Å². The van der Waals surface area contributed by atoms with Crippen LogP contribution in [0.25, 0.3) is 0 Å². The summed E-state index contributed by atoms with van der Waals surface area (Å²) in [5.74, 6) is -1.06. The van der Waals surface area contributed by atoms with Crippen molar-refractivity contribution in [3.05, 3.63) is 0 Å². The predicted molar refractivity (Wildman–Crippen MR) is 102 cm³/mol. The molecular weight excluding hydrogens is 320 g/mol. The summed E-state index contributed by atoms with van der Waals surface area (Å²) in [6.07, 6.45) is 9.82. The van der Waals surface area contributed by atoms with Crippen LogP contribution < -0.4 is 0 Å². The van der Waals surface area contributed by atoms with Crippen molar-refractivity contribution in [2.75, 3.05) is 0 Å². The van der Waals surface area contributed by atoms with E-state index in [2.05, 4.69) is 20.8 Å². The molecule has 0 aromatic rings. The van der Waals surface area contributed by atoms with E-state index in [0.717, 1.165) is 32.1 Å². The van der Waals surface area contributed by atoms with Gasteiger partial charge in [-0.1, -0.05) is 79.1 Å². The Bertz CT molecular complexity index is 330. The first-order valence-electron chi connectivity index (χ1n) is 9.87. The fraction of sp³-hybridized carbons (Fsp3) is 0.900. The molecule has 3 atom stereocenters. The van der Waals surface area contributed by atoms with Gasteiger partial charge in [0, 0.05) is 0 Å². The maximum absolute atomic E-state index is 10.4. The van der Waals surface area contributed by atoms with Crippen molar-refractivity contribution < 1.29 is 24.9 Å². The number of carboxylic acid groups (broad SMARTS) is 2. The molecule has 5 nitrogen and oxygen atoms in total. The molecule has 150 valence electrons. The number of hydrogen-bond donors (Lipinski definition) is 3. The van der Waals surface area contributed by atoms with Gasteiger partial charge in [0.1, 0.15) is 0 Å². The van der Waals surface area contributed by atoms with Gasteiger partial charge in [0.25, 0.3) is 0 Å². The van der Waals surface area contributed by atoms with Crippen molar-refractivity contribution in [1.82, 2.24) is 0 Å². The summed E-state index contributed by atoms with van der Waals surface area (Å²) in [6.45, 7) is 8.27. The van der Waals surface area contributed by atoms with Gasteiger partial charge in [0.05, 0.1) is 18.4 Å². The molecule has 0 radical (unpaired) electrons. The van der Waals surface area contributed by atoms with Gasteiger partial charge in [0.2, 0.25) is 0 Å². The summed E-state index contributed by atoms with van der Waals surface area (Å²) in [6, 6.07) is 0. The van der Waals surface area contributed by atoms with Gasteiger partial charge in [0.15, 0.2) is 0 Å². The van der Waals surface area contributed by atoms with Crippen LogP contribution in [0.3, 0.4) is 0 Å². The van der Waals surface area contributed by atoms with Crippen LogP contribution in [-0.4, -0.2) is 33.4 Å².